The Morgan fingerprint density at radius 2 is 1.58 bits per heavy atom. The topological polar surface area (TPSA) is 75.7 Å². The van der Waals surface area contributed by atoms with Crippen LogP contribution in [0, 0.1) is 6.92 Å². The van der Waals surface area contributed by atoms with Crippen molar-refractivity contribution in [3.05, 3.63) is 142 Å². The maximum absolute atomic E-state index is 13.8. The van der Waals surface area contributed by atoms with Crippen molar-refractivity contribution in [1.82, 2.24) is 10.2 Å². The molecule has 6 nitrogen and oxygen atoms in total. The number of esters is 1. The lowest BCUT2D eigenvalue weighted by Crippen LogP contribution is -2.45. The zero-order valence-electron chi connectivity index (χ0n) is 26.4. The molecule has 0 heterocycles. The first-order valence-corrected chi connectivity index (χ1v) is 15.8. The van der Waals surface area contributed by atoms with Gasteiger partial charge in [-0.2, -0.15) is 0 Å². The smallest absolute Gasteiger partial charge is 0.321 e. The molecule has 5 rings (SSSR count). The molecule has 4 aromatic carbocycles. The number of likely N-dealkylation sites (N-methyl/N-ethyl adjacent to an activating group) is 1. The van der Waals surface area contributed by atoms with Crippen LogP contribution in [0.2, 0.25) is 0 Å². The standard InChI is InChI=1S/C39H42N2O4/c1-4-45-38(44)39(31-14-6-5-7-15-31)24-23-34(33-17-10-11-18-35(33)39)37(43)41(3)26-12-25-40-36(42)32-16-9-8-13-30(32)27-29-21-19-28(2)20-22-29/h5-11,13-22,34H,4,12,23-27H2,1-3H3,(H,40,42)/t34-,39+/m1/s1. The highest BCUT2D eigenvalue weighted by Crippen LogP contribution is 2.48. The summed E-state index contributed by atoms with van der Waals surface area (Å²) in [5.41, 5.74) is 5.66. The van der Waals surface area contributed by atoms with Crippen LogP contribution >= 0.6 is 0 Å². The van der Waals surface area contributed by atoms with E-state index in [4.69, 9.17) is 4.74 Å². The molecule has 0 aliphatic heterocycles. The van der Waals surface area contributed by atoms with Crippen molar-refractivity contribution in [3.63, 3.8) is 0 Å². The van der Waals surface area contributed by atoms with Crippen LogP contribution in [0.3, 0.4) is 0 Å². The molecule has 0 spiro atoms. The Morgan fingerprint density at radius 1 is 0.889 bits per heavy atom. The van der Waals surface area contributed by atoms with Crippen LogP contribution in [-0.2, 0) is 26.2 Å². The van der Waals surface area contributed by atoms with E-state index in [1.807, 2.05) is 92.8 Å². The van der Waals surface area contributed by atoms with Gasteiger partial charge in [0.15, 0.2) is 0 Å². The Morgan fingerprint density at radius 3 is 2.33 bits per heavy atom. The zero-order chi connectivity index (χ0) is 31.8. The van der Waals surface area contributed by atoms with Crippen LogP contribution < -0.4 is 5.32 Å². The molecule has 0 fully saturated rings. The first-order chi connectivity index (χ1) is 21.8. The van der Waals surface area contributed by atoms with Gasteiger partial charge in [0, 0.05) is 25.7 Å². The Kier molecular flexibility index (Phi) is 10.1. The molecule has 0 radical (unpaired) electrons. The number of ether oxygens (including phenoxy) is 1. The van der Waals surface area contributed by atoms with Crippen LogP contribution in [0.4, 0.5) is 0 Å². The number of nitrogens with one attached hydrogen (secondary N) is 1. The van der Waals surface area contributed by atoms with Crippen LogP contribution in [0.1, 0.15) is 75.8 Å². The monoisotopic (exact) mass is 602 g/mol. The first-order valence-electron chi connectivity index (χ1n) is 15.8. The third-order valence-corrected chi connectivity index (χ3v) is 8.90. The predicted octanol–water partition coefficient (Wildman–Crippen LogP) is 6.59. The number of hydrogen-bond donors (Lipinski definition) is 1. The molecule has 0 saturated heterocycles. The highest BCUT2D eigenvalue weighted by Gasteiger charge is 2.49. The number of carbonyl (C=O) groups excluding carboxylic acids is 3. The molecule has 45 heavy (non-hydrogen) atoms. The molecular formula is C39H42N2O4. The number of nitrogens with zero attached hydrogens (tertiary/aromatic N) is 1. The second-order valence-electron chi connectivity index (χ2n) is 11.9. The highest BCUT2D eigenvalue weighted by atomic mass is 16.5. The van der Waals surface area contributed by atoms with Crippen molar-refractivity contribution < 1.29 is 19.1 Å². The van der Waals surface area contributed by atoms with Gasteiger partial charge in [-0.15, -0.1) is 0 Å². The summed E-state index contributed by atoms with van der Waals surface area (Å²) in [6.45, 7) is 5.13. The van der Waals surface area contributed by atoms with E-state index in [-0.39, 0.29) is 30.3 Å². The summed E-state index contributed by atoms with van der Waals surface area (Å²) < 4.78 is 5.63. The van der Waals surface area contributed by atoms with Gasteiger partial charge >= 0.3 is 5.97 Å². The fraction of sp³-hybridized carbons (Fsp3) is 0.308. The van der Waals surface area contributed by atoms with Crippen LogP contribution in [0.25, 0.3) is 0 Å². The molecule has 2 atom stereocenters. The van der Waals surface area contributed by atoms with E-state index in [9.17, 15) is 14.4 Å². The highest BCUT2D eigenvalue weighted by molar-refractivity contribution is 5.96. The van der Waals surface area contributed by atoms with E-state index in [1.54, 1.807) is 4.90 Å². The van der Waals surface area contributed by atoms with Gasteiger partial charge in [0.05, 0.1) is 12.5 Å². The van der Waals surface area contributed by atoms with Gasteiger partial charge in [0.25, 0.3) is 5.91 Å². The largest absolute Gasteiger partial charge is 0.465 e. The molecule has 4 aromatic rings. The van der Waals surface area contributed by atoms with Gasteiger partial charge in [-0.3, -0.25) is 14.4 Å². The van der Waals surface area contributed by atoms with Crippen molar-refractivity contribution in [3.8, 4) is 0 Å². The fourth-order valence-electron chi connectivity index (χ4n) is 6.52. The predicted molar refractivity (Wildman–Crippen MR) is 177 cm³/mol. The summed E-state index contributed by atoms with van der Waals surface area (Å²) >= 11 is 0. The quantitative estimate of drug-likeness (QED) is 0.155. The third-order valence-electron chi connectivity index (χ3n) is 8.90. The lowest BCUT2D eigenvalue weighted by atomic mass is 9.63. The van der Waals surface area contributed by atoms with Crippen LogP contribution in [0.5, 0.6) is 0 Å². The Labute approximate surface area is 266 Å². The van der Waals surface area contributed by atoms with Crippen molar-refractivity contribution in [1.29, 1.82) is 0 Å². The van der Waals surface area contributed by atoms with E-state index in [2.05, 4.69) is 36.5 Å². The Hall–Kier alpha value is -4.71. The van der Waals surface area contributed by atoms with Gasteiger partial charge < -0.3 is 15.0 Å². The molecule has 0 bridgehead atoms. The number of rotatable bonds is 11. The number of benzene rings is 4. The minimum atomic E-state index is -0.955. The van der Waals surface area contributed by atoms with Crippen molar-refractivity contribution >= 4 is 17.8 Å². The number of amides is 2. The van der Waals surface area contributed by atoms with E-state index in [1.165, 1.54) is 5.56 Å². The molecule has 6 heteroatoms. The SMILES string of the molecule is CCOC(=O)[C@]1(c2ccccc2)CC[C@@H](C(=O)N(C)CCCNC(=O)c2ccccc2Cc2ccc(C)cc2)c2ccccc21. The minimum Gasteiger partial charge on any atom is -0.465 e. The van der Waals surface area contributed by atoms with Gasteiger partial charge in [0.2, 0.25) is 5.91 Å². The number of hydrogen-bond acceptors (Lipinski definition) is 4. The van der Waals surface area contributed by atoms with Crippen molar-refractivity contribution in [2.75, 3.05) is 26.7 Å². The second kappa shape index (κ2) is 14.4. The van der Waals surface area contributed by atoms with E-state index in [0.29, 0.717) is 44.3 Å². The van der Waals surface area contributed by atoms with Gasteiger partial charge in [-0.25, -0.2) is 0 Å². The lowest BCUT2D eigenvalue weighted by molar-refractivity contribution is -0.149. The minimum absolute atomic E-state index is 0.0164. The zero-order valence-corrected chi connectivity index (χ0v) is 26.4. The van der Waals surface area contributed by atoms with Crippen LogP contribution in [0.15, 0.2) is 103 Å². The Bertz CT molecular complexity index is 1630. The summed E-state index contributed by atoms with van der Waals surface area (Å²) in [7, 11) is 1.81. The molecule has 0 unspecified atom stereocenters. The molecule has 1 aliphatic rings. The maximum Gasteiger partial charge on any atom is 0.321 e. The summed E-state index contributed by atoms with van der Waals surface area (Å²) in [4.78, 5) is 42.3. The Balaban J connectivity index is 1.23. The molecular weight excluding hydrogens is 560 g/mol. The molecule has 0 saturated carbocycles. The van der Waals surface area contributed by atoms with Crippen molar-refractivity contribution in [2.24, 2.45) is 0 Å². The van der Waals surface area contributed by atoms with Crippen LogP contribution in [-0.4, -0.2) is 49.4 Å². The molecule has 1 N–H and O–H groups in total. The number of aryl methyl sites for hydroxylation is 1. The summed E-state index contributed by atoms with van der Waals surface area (Å²) in [5, 5.41) is 3.05. The van der Waals surface area contributed by atoms with E-state index in [0.717, 1.165) is 27.8 Å². The lowest BCUT2D eigenvalue weighted by Gasteiger charge is -2.41. The number of fused-ring (bicyclic) bond motifs is 1. The summed E-state index contributed by atoms with van der Waals surface area (Å²) in [5.74, 6) is -0.730. The third kappa shape index (κ3) is 6.85. The summed E-state index contributed by atoms with van der Waals surface area (Å²) in [6, 6.07) is 33.6. The second-order valence-corrected chi connectivity index (χ2v) is 11.9. The fourth-order valence-corrected chi connectivity index (χ4v) is 6.52. The molecule has 232 valence electrons. The van der Waals surface area contributed by atoms with Crippen molar-refractivity contribution in [2.45, 2.75) is 50.9 Å². The summed E-state index contributed by atoms with van der Waals surface area (Å²) in [6.07, 6.45) is 2.32. The number of carbonyl (C=O) groups is 3. The van der Waals surface area contributed by atoms with Gasteiger partial charge in [-0.05, 0) is 73.4 Å². The average Bonchev–Trinajstić information content (AvgIpc) is 3.07. The van der Waals surface area contributed by atoms with Gasteiger partial charge in [0.1, 0.15) is 5.41 Å². The van der Waals surface area contributed by atoms with E-state index < -0.39 is 5.41 Å². The van der Waals surface area contributed by atoms with E-state index >= 15 is 0 Å². The molecule has 0 aromatic heterocycles. The molecule has 1 aliphatic carbocycles. The van der Waals surface area contributed by atoms with Gasteiger partial charge in [-0.1, -0.05) is 103 Å². The normalized spacial score (nSPS) is 17.2. The average molecular weight is 603 g/mol. The molecule has 2 amide bonds. The maximum atomic E-state index is 13.8. The first kappa shape index (κ1) is 31.7.